The molecule has 0 aromatic heterocycles. The third-order valence-electron chi connectivity index (χ3n) is 8.68. The predicted molar refractivity (Wildman–Crippen MR) is 206 cm³/mol. The number of nitrogens with two attached hydrogens (primary N) is 3. The molecule has 0 saturated carbocycles. The Morgan fingerprint density at radius 2 is 1.45 bits per heavy atom. The highest BCUT2D eigenvalue weighted by Crippen LogP contribution is 2.27. The van der Waals surface area contributed by atoms with Gasteiger partial charge < -0.3 is 69.3 Å². The van der Waals surface area contributed by atoms with Gasteiger partial charge in [0, 0.05) is 37.0 Å². The van der Waals surface area contributed by atoms with Gasteiger partial charge >= 0.3 is 11.7 Å². The van der Waals surface area contributed by atoms with E-state index in [9.17, 15) is 73.4 Å². The Balaban J connectivity index is 1.96. The quantitative estimate of drug-likeness (QED) is 0.0656. The van der Waals surface area contributed by atoms with Crippen LogP contribution in [0.3, 0.4) is 0 Å². The molecule has 0 aliphatic carbocycles. The van der Waals surface area contributed by atoms with E-state index in [-0.39, 0.29) is 23.5 Å². The Kier molecular flexibility index (Phi) is 17.8. The number of hydrogen-bond acceptors (Lipinski definition) is 17. The number of primary amides is 2. The maximum absolute atomic E-state index is 13.5. The van der Waals surface area contributed by atoms with E-state index in [4.69, 9.17) is 17.2 Å². The first-order chi connectivity index (χ1) is 28.2. The molecule has 2 aliphatic heterocycles. The average Bonchev–Trinajstić information content (AvgIpc) is 3.57. The summed E-state index contributed by atoms with van der Waals surface area (Å²) in [7, 11) is 1.82. The molecule has 28 heteroatoms. The number of hydrogen-bond donors (Lipinski definition) is 12. The predicted octanol–water partition coefficient (Wildman–Crippen LogP) is -6.47. The Morgan fingerprint density at radius 3 is 2.08 bits per heavy atom. The zero-order valence-electron chi connectivity index (χ0n) is 31.3. The van der Waals surface area contributed by atoms with Gasteiger partial charge in [-0.3, -0.25) is 58.1 Å². The second kappa shape index (κ2) is 22.2. The maximum Gasteiger partial charge on any atom is 0.310 e. The summed E-state index contributed by atoms with van der Waals surface area (Å²) >= 11 is 0. The van der Waals surface area contributed by atoms with Gasteiger partial charge in [-0.2, -0.15) is 0 Å². The molecular formula is C32H43N11O15S2. The van der Waals surface area contributed by atoms with E-state index < -0.39 is 157 Å². The summed E-state index contributed by atoms with van der Waals surface area (Å²) in [6.07, 6.45) is -3.87. The molecule has 2 aliphatic rings. The van der Waals surface area contributed by atoms with E-state index in [1.54, 1.807) is 0 Å². The van der Waals surface area contributed by atoms with Crippen LogP contribution >= 0.6 is 21.6 Å². The summed E-state index contributed by atoms with van der Waals surface area (Å²) in [6, 6.07) is -6.32. The third-order valence-corrected chi connectivity index (χ3v) is 11.1. The van der Waals surface area contributed by atoms with Crippen molar-refractivity contribution in [2.75, 3.05) is 31.1 Å². The van der Waals surface area contributed by atoms with Crippen molar-refractivity contribution < 1.29 is 68.2 Å². The monoisotopic (exact) mass is 885 g/mol. The van der Waals surface area contributed by atoms with Crippen LogP contribution in [-0.4, -0.2) is 158 Å². The van der Waals surface area contributed by atoms with Gasteiger partial charge in [-0.25, -0.2) is 0 Å². The van der Waals surface area contributed by atoms with Gasteiger partial charge in [0.25, 0.3) is 0 Å². The van der Waals surface area contributed by atoms with Gasteiger partial charge in [0.05, 0.1) is 43.0 Å². The van der Waals surface area contributed by atoms with Crippen molar-refractivity contribution in [2.24, 2.45) is 17.2 Å². The zero-order chi connectivity index (χ0) is 44.8. The Bertz CT molecular complexity index is 1890. The first kappa shape index (κ1) is 48.1. The highest BCUT2D eigenvalue weighted by Gasteiger charge is 2.41. The van der Waals surface area contributed by atoms with Crippen LogP contribution in [0.4, 0.5) is 5.69 Å². The molecule has 2 heterocycles. The van der Waals surface area contributed by atoms with Crippen molar-refractivity contribution >= 4 is 86.4 Å². The lowest BCUT2D eigenvalue weighted by Gasteiger charge is -2.27. The number of nitrogens with zero attached hydrogens (tertiary/aromatic N) is 2. The Labute approximate surface area is 346 Å². The lowest BCUT2D eigenvalue weighted by Crippen LogP contribution is -2.58. The average molecular weight is 886 g/mol. The van der Waals surface area contributed by atoms with Crippen LogP contribution in [0.15, 0.2) is 18.2 Å². The number of carbonyl (C=O) groups is 10. The molecule has 0 bridgehead atoms. The minimum absolute atomic E-state index is 0.0308. The number of carbonyl (C=O) groups excluding carboxylic acids is 9. The van der Waals surface area contributed by atoms with Crippen molar-refractivity contribution in [3.05, 3.63) is 33.9 Å². The number of carboxylic acid groups (broad SMARTS) is 1. The van der Waals surface area contributed by atoms with E-state index in [1.165, 1.54) is 6.07 Å². The summed E-state index contributed by atoms with van der Waals surface area (Å²) < 4.78 is 0. The van der Waals surface area contributed by atoms with Crippen LogP contribution < -0.4 is 49.1 Å². The molecular weight excluding hydrogens is 843 g/mol. The number of carboxylic acids is 1. The van der Waals surface area contributed by atoms with Crippen LogP contribution in [0, 0.1) is 10.1 Å². The molecule has 26 nitrogen and oxygen atoms in total. The number of rotatable bonds is 8. The summed E-state index contributed by atoms with van der Waals surface area (Å²) in [4.78, 5) is 139. The number of fused-ring (bicyclic) bond motifs is 1. The van der Waals surface area contributed by atoms with Crippen molar-refractivity contribution in [2.45, 2.75) is 68.0 Å². The van der Waals surface area contributed by atoms with E-state index >= 15 is 0 Å². The van der Waals surface area contributed by atoms with Gasteiger partial charge in [-0.05, 0) is 11.6 Å². The van der Waals surface area contributed by atoms with Gasteiger partial charge in [-0.1, -0.05) is 27.7 Å². The van der Waals surface area contributed by atoms with Crippen LogP contribution in [0.2, 0.25) is 0 Å². The normalized spacial score (nSPS) is 25.9. The highest BCUT2D eigenvalue weighted by molar-refractivity contribution is 8.76. The van der Waals surface area contributed by atoms with Crippen LogP contribution in [0.5, 0.6) is 5.75 Å². The Hall–Kier alpha value is -6.26. The number of aliphatic hydroxyl groups is 1. The van der Waals surface area contributed by atoms with Gasteiger partial charge in [0.15, 0.2) is 5.75 Å². The topological polar surface area (TPSA) is 428 Å². The fourth-order valence-electron chi connectivity index (χ4n) is 5.67. The van der Waals surface area contributed by atoms with Gasteiger partial charge in [-0.15, -0.1) is 0 Å². The van der Waals surface area contributed by atoms with Crippen molar-refractivity contribution in [1.29, 1.82) is 0 Å². The fourth-order valence-corrected chi connectivity index (χ4v) is 7.97. The standard InChI is InChI=1S/C32H43N11O15S2/c33-15-11-59-60-12-19(27(35)51)41-31(55)17(6-23(34)46)40-32(56)21-5-14(44)10-42(21)25(48)9-37-29(53)16(3-13-1-2-22(45)20(4-13)43(57)58)38-24(47)8-36-30(54)18(7-26(49)50)39-28(15)52/h1-2,4,14-19,21,44-45H,3,5-12,33H2,(H2,34,46)(H2,35,51)(H,36,54)(H,37,53)(H,38,47)(H,39,52)(H,40,56)(H,41,55)(H,49,50). The zero-order valence-corrected chi connectivity index (χ0v) is 33.0. The molecule has 9 amide bonds. The first-order valence-corrected chi connectivity index (χ1v) is 20.1. The smallest absolute Gasteiger partial charge is 0.310 e. The van der Waals surface area contributed by atoms with Crippen LogP contribution in [0.1, 0.15) is 24.8 Å². The molecule has 328 valence electrons. The lowest BCUT2D eigenvalue weighted by atomic mass is 10.0. The minimum Gasteiger partial charge on any atom is -0.502 e. The number of nitrogens with one attached hydrogen (secondary N) is 6. The number of nitro groups is 1. The fraction of sp³-hybridized carbons (Fsp3) is 0.500. The number of amides is 9. The number of benzene rings is 1. The summed E-state index contributed by atoms with van der Waals surface area (Å²) in [5.41, 5.74) is 15.9. The number of aliphatic carboxylic acids is 1. The Morgan fingerprint density at radius 1 is 0.833 bits per heavy atom. The molecule has 7 atom stereocenters. The minimum atomic E-state index is -1.76. The number of phenols is 1. The molecule has 0 radical (unpaired) electrons. The molecule has 7 unspecified atom stereocenters. The van der Waals surface area contributed by atoms with Crippen LogP contribution in [-0.2, 0) is 54.4 Å². The van der Waals surface area contributed by atoms with Crippen molar-refractivity contribution in [1.82, 2.24) is 36.8 Å². The number of phenolic OH excluding ortho intramolecular Hbond substituents is 1. The maximum atomic E-state index is 13.5. The molecule has 1 aromatic carbocycles. The van der Waals surface area contributed by atoms with Gasteiger partial charge in [0.2, 0.25) is 53.2 Å². The second-order valence-electron chi connectivity index (χ2n) is 13.3. The molecule has 2 saturated heterocycles. The third kappa shape index (κ3) is 14.5. The largest absolute Gasteiger partial charge is 0.502 e. The van der Waals surface area contributed by atoms with Gasteiger partial charge in [0.1, 0.15) is 30.2 Å². The van der Waals surface area contributed by atoms with E-state index in [0.717, 1.165) is 38.6 Å². The molecule has 0 spiro atoms. The molecule has 15 N–H and O–H groups in total. The summed E-state index contributed by atoms with van der Waals surface area (Å²) in [5, 5.41) is 54.5. The molecule has 2 fully saturated rings. The molecule has 3 rings (SSSR count). The van der Waals surface area contributed by atoms with E-state index in [0.29, 0.717) is 0 Å². The van der Waals surface area contributed by atoms with E-state index in [1.807, 2.05) is 0 Å². The summed E-state index contributed by atoms with van der Waals surface area (Å²) in [6.45, 7) is -2.20. The number of aliphatic hydroxyl groups excluding tert-OH is 1. The second-order valence-corrected chi connectivity index (χ2v) is 15.9. The lowest BCUT2D eigenvalue weighted by molar-refractivity contribution is -0.385. The number of nitro benzene ring substituents is 1. The summed E-state index contributed by atoms with van der Waals surface area (Å²) in [5.74, 6) is -12.2. The molecule has 1 aromatic rings. The molecule has 60 heavy (non-hydrogen) atoms. The van der Waals surface area contributed by atoms with Crippen molar-refractivity contribution in [3.8, 4) is 5.75 Å². The van der Waals surface area contributed by atoms with Crippen molar-refractivity contribution in [3.63, 3.8) is 0 Å². The highest BCUT2D eigenvalue weighted by atomic mass is 33.1. The van der Waals surface area contributed by atoms with Crippen LogP contribution in [0.25, 0.3) is 0 Å². The number of aromatic hydroxyl groups is 1. The SMILES string of the molecule is NC(=O)CC1NC(=O)C2CC(O)CN2C(=O)CNC(=O)C(Cc2ccc(O)c([N+](=O)[O-])c2)NC(=O)CNC(=O)C(CC(=O)O)NC(=O)C(N)CSSCC(C(N)=O)NC1=O. The first-order valence-electron chi connectivity index (χ1n) is 17.7. The van der Waals surface area contributed by atoms with E-state index in [2.05, 4.69) is 31.9 Å².